The first-order valence-electron chi connectivity index (χ1n) is 3.88. The molecule has 1 aromatic rings. The van der Waals surface area contributed by atoms with Crippen LogP contribution in [0.3, 0.4) is 0 Å². The van der Waals surface area contributed by atoms with Gasteiger partial charge >= 0.3 is 6.09 Å². The average molecular weight is 184 g/mol. The fourth-order valence-corrected chi connectivity index (χ4v) is 0.685. The van der Waals surface area contributed by atoms with Crippen LogP contribution in [0.25, 0.3) is 0 Å². The normalized spacial score (nSPS) is 11.0. The molecule has 0 bridgehead atoms. The maximum Gasteiger partial charge on any atom is 0.413 e. The Hall–Kier alpha value is -1.52. The third kappa shape index (κ3) is 3.59. The number of nitrogens with zero attached hydrogens (tertiary/aromatic N) is 1. The Morgan fingerprint density at radius 3 is 2.77 bits per heavy atom. The largest absolute Gasteiger partial charge is 0.444 e. The number of nitrogens with one attached hydrogen (secondary N) is 1. The Balaban J connectivity index is 2.43. The summed E-state index contributed by atoms with van der Waals surface area (Å²) in [6, 6.07) is 1.53. The summed E-state index contributed by atoms with van der Waals surface area (Å²) in [6.07, 6.45) is 0.827. The molecule has 0 fully saturated rings. The van der Waals surface area contributed by atoms with Gasteiger partial charge in [0.15, 0.2) is 5.82 Å². The summed E-state index contributed by atoms with van der Waals surface area (Å²) in [7, 11) is 0. The Labute approximate surface area is 76.0 Å². The van der Waals surface area contributed by atoms with E-state index in [-0.39, 0.29) is 0 Å². The molecule has 1 aromatic heterocycles. The van der Waals surface area contributed by atoms with Crippen LogP contribution in [0.15, 0.2) is 16.9 Å². The van der Waals surface area contributed by atoms with Gasteiger partial charge in [0.2, 0.25) is 0 Å². The molecule has 0 atom stereocenters. The predicted molar refractivity (Wildman–Crippen MR) is 46.4 cm³/mol. The zero-order valence-electron chi connectivity index (χ0n) is 7.83. The van der Waals surface area contributed by atoms with Crippen molar-refractivity contribution in [1.82, 2.24) is 5.16 Å². The van der Waals surface area contributed by atoms with Crippen molar-refractivity contribution in [3.8, 4) is 0 Å². The minimum Gasteiger partial charge on any atom is -0.444 e. The van der Waals surface area contributed by atoms with E-state index in [4.69, 9.17) is 4.74 Å². The molecule has 0 radical (unpaired) electrons. The van der Waals surface area contributed by atoms with Gasteiger partial charge in [-0.05, 0) is 20.8 Å². The zero-order chi connectivity index (χ0) is 9.90. The maximum atomic E-state index is 11.1. The fraction of sp³-hybridized carbons (Fsp3) is 0.500. The molecule has 13 heavy (non-hydrogen) atoms. The lowest BCUT2D eigenvalue weighted by atomic mass is 10.2. The third-order valence-corrected chi connectivity index (χ3v) is 1.07. The summed E-state index contributed by atoms with van der Waals surface area (Å²) in [5, 5.41) is 5.91. The van der Waals surface area contributed by atoms with Crippen molar-refractivity contribution >= 4 is 11.9 Å². The van der Waals surface area contributed by atoms with E-state index in [1.807, 2.05) is 0 Å². The molecule has 0 aromatic carbocycles. The van der Waals surface area contributed by atoms with E-state index >= 15 is 0 Å². The first kappa shape index (κ1) is 9.57. The van der Waals surface area contributed by atoms with Gasteiger partial charge in [-0.2, -0.15) is 0 Å². The summed E-state index contributed by atoms with van der Waals surface area (Å²) >= 11 is 0. The van der Waals surface area contributed by atoms with Gasteiger partial charge in [-0.25, -0.2) is 4.79 Å². The van der Waals surface area contributed by atoms with Crippen molar-refractivity contribution in [2.45, 2.75) is 26.4 Å². The van der Waals surface area contributed by atoms with Crippen molar-refractivity contribution in [1.29, 1.82) is 0 Å². The quantitative estimate of drug-likeness (QED) is 0.725. The van der Waals surface area contributed by atoms with Gasteiger partial charge in [0, 0.05) is 6.07 Å². The van der Waals surface area contributed by atoms with Gasteiger partial charge < -0.3 is 9.26 Å². The number of hydrogen-bond acceptors (Lipinski definition) is 4. The minimum absolute atomic E-state index is 0.342. The molecule has 5 nitrogen and oxygen atoms in total. The predicted octanol–water partition coefficient (Wildman–Crippen LogP) is 2.02. The number of aromatic nitrogens is 1. The number of anilines is 1. The van der Waals surface area contributed by atoms with Gasteiger partial charge in [0.05, 0.1) is 0 Å². The van der Waals surface area contributed by atoms with Crippen LogP contribution in [0.5, 0.6) is 0 Å². The van der Waals surface area contributed by atoms with Crippen LogP contribution in [0.4, 0.5) is 10.6 Å². The number of hydrogen-bond donors (Lipinski definition) is 1. The van der Waals surface area contributed by atoms with Crippen LogP contribution in [0, 0.1) is 0 Å². The summed E-state index contributed by atoms with van der Waals surface area (Å²) in [5.41, 5.74) is -0.506. The van der Waals surface area contributed by atoms with Crippen molar-refractivity contribution in [3.63, 3.8) is 0 Å². The SMILES string of the molecule is CC(C)(C)OC(=O)Nc1ccon1. The molecule has 0 unspecified atom stereocenters. The van der Waals surface area contributed by atoms with E-state index in [0.717, 1.165) is 0 Å². The summed E-state index contributed by atoms with van der Waals surface area (Å²) < 4.78 is 9.50. The Morgan fingerprint density at radius 2 is 2.31 bits per heavy atom. The number of rotatable bonds is 1. The summed E-state index contributed by atoms with van der Waals surface area (Å²) in [4.78, 5) is 11.1. The Kier molecular flexibility index (Phi) is 2.55. The van der Waals surface area contributed by atoms with Gasteiger partial charge in [0.25, 0.3) is 0 Å². The van der Waals surface area contributed by atoms with Gasteiger partial charge in [-0.3, -0.25) is 5.32 Å². The van der Waals surface area contributed by atoms with Crippen LogP contribution in [-0.2, 0) is 4.74 Å². The van der Waals surface area contributed by atoms with Crippen molar-refractivity contribution < 1.29 is 14.1 Å². The first-order chi connectivity index (χ1) is 5.97. The molecule has 1 amide bonds. The highest BCUT2D eigenvalue weighted by molar-refractivity contribution is 5.83. The number of ether oxygens (including phenoxy) is 1. The zero-order valence-corrected chi connectivity index (χ0v) is 7.83. The first-order valence-corrected chi connectivity index (χ1v) is 3.88. The molecular weight excluding hydrogens is 172 g/mol. The second-order valence-corrected chi connectivity index (χ2v) is 3.51. The van der Waals surface area contributed by atoms with E-state index < -0.39 is 11.7 Å². The van der Waals surface area contributed by atoms with E-state index in [9.17, 15) is 4.79 Å². The summed E-state index contributed by atoms with van der Waals surface area (Å²) in [5.74, 6) is 0.342. The molecule has 1 rings (SSSR count). The lowest BCUT2D eigenvalue weighted by molar-refractivity contribution is 0.0634. The van der Waals surface area contributed by atoms with E-state index in [2.05, 4.69) is 15.0 Å². The van der Waals surface area contributed by atoms with Crippen molar-refractivity contribution in [2.24, 2.45) is 0 Å². The highest BCUT2D eigenvalue weighted by Crippen LogP contribution is 2.09. The van der Waals surface area contributed by atoms with E-state index in [0.29, 0.717) is 5.82 Å². The van der Waals surface area contributed by atoms with Crippen molar-refractivity contribution in [2.75, 3.05) is 5.32 Å². The van der Waals surface area contributed by atoms with Gasteiger partial charge in [-0.1, -0.05) is 5.16 Å². The topological polar surface area (TPSA) is 64.4 Å². The average Bonchev–Trinajstić information content (AvgIpc) is 2.34. The molecule has 0 aliphatic carbocycles. The standard InChI is InChI=1S/C8H12N2O3/c1-8(2,3)13-7(11)9-6-4-5-12-10-6/h4-5H,1-3H3,(H,9,10,11). The lowest BCUT2D eigenvalue weighted by Crippen LogP contribution is -2.27. The van der Waals surface area contributed by atoms with Crippen LogP contribution < -0.4 is 5.32 Å². The highest BCUT2D eigenvalue weighted by atomic mass is 16.6. The molecule has 5 heteroatoms. The van der Waals surface area contributed by atoms with Crippen LogP contribution >= 0.6 is 0 Å². The molecule has 0 saturated carbocycles. The van der Waals surface area contributed by atoms with Crippen LogP contribution in [0.2, 0.25) is 0 Å². The molecule has 1 heterocycles. The summed E-state index contributed by atoms with van der Waals surface area (Å²) in [6.45, 7) is 5.36. The van der Waals surface area contributed by atoms with Crippen LogP contribution in [0.1, 0.15) is 20.8 Å². The molecule has 0 saturated heterocycles. The van der Waals surface area contributed by atoms with E-state index in [1.54, 1.807) is 20.8 Å². The molecule has 0 aliphatic rings. The van der Waals surface area contributed by atoms with Crippen LogP contribution in [-0.4, -0.2) is 16.9 Å². The minimum atomic E-state index is -0.540. The number of amides is 1. The highest BCUT2D eigenvalue weighted by Gasteiger charge is 2.16. The second kappa shape index (κ2) is 3.47. The number of carbonyl (C=O) groups excluding carboxylic acids is 1. The number of carbonyl (C=O) groups is 1. The molecule has 0 aliphatic heterocycles. The monoisotopic (exact) mass is 184 g/mol. The maximum absolute atomic E-state index is 11.1. The van der Waals surface area contributed by atoms with Gasteiger partial charge in [-0.15, -0.1) is 0 Å². The lowest BCUT2D eigenvalue weighted by Gasteiger charge is -2.18. The Bertz CT molecular complexity index is 274. The van der Waals surface area contributed by atoms with Crippen molar-refractivity contribution in [3.05, 3.63) is 12.3 Å². The third-order valence-electron chi connectivity index (χ3n) is 1.07. The second-order valence-electron chi connectivity index (χ2n) is 3.51. The van der Waals surface area contributed by atoms with Gasteiger partial charge in [0.1, 0.15) is 11.9 Å². The molecule has 1 N–H and O–H groups in total. The molecule has 0 spiro atoms. The fourth-order valence-electron chi connectivity index (χ4n) is 0.685. The molecule has 72 valence electrons. The smallest absolute Gasteiger partial charge is 0.413 e. The Morgan fingerprint density at radius 1 is 1.62 bits per heavy atom. The van der Waals surface area contributed by atoms with E-state index in [1.165, 1.54) is 12.3 Å². The molecular formula is C8H12N2O3.